The van der Waals surface area contributed by atoms with Crippen molar-refractivity contribution < 1.29 is 9.90 Å². The molecule has 130 valence electrons. The molecule has 0 saturated heterocycles. The second-order valence-electron chi connectivity index (χ2n) is 5.84. The molecule has 2 aromatic heterocycles. The number of imidazole rings is 1. The summed E-state index contributed by atoms with van der Waals surface area (Å²) in [4.78, 5) is 20.4. The molecule has 0 saturated carbocycles. The van der Waals surface area contributed by atoms with E-state index in [4.69, 9.17) is 0 Å². The van der Waals surface area contributed by atoms with Gasteiger partial charge in [-0.25, -0.2) is 14.8 Å². The quantitative estimate of drug-likeness (QED) is 0.723. The van der Waals surface area contributed by atoms with Crippen LogP contribution in [0.5, 0.6) is 0 Å². The number of hydrogen-bond donors (Lipinski definition) is 3. The number of carbonyl (C=O) groups is 1. The van der Waals surface area contributed by atoms with Crippen LogP contribution >= 0.6 is 0 Å². The molecule has 0 fully saturated rings. The molecule has 0 aliphatic carbocycles. The first-order valence-corrected chi connectivity index (χ1v) is 8.16. The van der Waals surface area contributed by atoms with Crippen molar-refractivity contribution in [2.45, 2.75) is 45.8 Å². The van der Waals surface area contributed by atoms with Crippen LogP contribution in [0, 0.1) is 6.92 Å². The first-order valence-electron chi connectivity index (χ1n) is 8.16. The first kappa shape index (κ1) is 17.9. The molecule has 0 unspecified atom stereocenters. The van der Waals surface area contributed by atoms with Gasteiger partial charge in [0.2, 0.25) is 0 Å². The summed E-state index contributed by atoms with van der Waals surface area (Å²) in [5.74, 6) is 1.65. The Labute approximate surface area is 142 Å². The summed E-state index contributed by atoms with van der Waals surface area (Å²) in [5.41, 5.74) is 0.0522. The van der Waals surface area contributed by atoms with Gasteiger partial charge in [0.05, 0.1) is 5.60 Å². The molecule has 0 aromatic carbocycles. The highest BCUT2D eigenvalue weighted by Gasteiger charge is 2.22. The summed E-state index contributed by atoms with van der Waals surface area (Å²) in [6.07, 6.45) is 6.51. The minimum Gasteiger partial charge on any atom is -0.388 e. The van der Waals surface area contributed by atoms with Crippen LogP contribution in [0.4, 0.5) is 4.79 Å². The lowest BCUT2D eigenvalue weighted by Crippen LogP contribution is -2.45. The smallest absolute Gasteiger partial charge is 0.315 e. The van der Waals surface area contributed by atoms with Crippen molar-refractivity contribution in [2.75, 3.05) is 6.54 Å². The Balaban J connectivity index is 1.84. The van der Waals surface area contributed by atoms with Gasteiger partial charge in [0.25, 0.3) is 0 Å². The molecule has 2 aromatic rings. The molecule has 3 N–H and O–H groups in total. The Morgan fingerprint density at radius 1 is 1.25 bits per heavy atom. The number of hydrogen-bond acceptors (Lipinski definition) is 4. The van der Waals surface area contributed by atoms with Crippen molar-refractivity contribution in [2.24, 2.45) is 0 Å². The number of aromatic nitrogens is 3. The molecule has 0 spiro atoms. The van der Waals surface area contributed by atoms with Gasteiger partial charge in [-0.2, -0.15) is 0 Å². The maximum atomic E-state index is 11.8. The van der Waals surface area contributed by atoms with Gasteiger partial charge >= 0.3 is 6.03 Å². The molecule has 24 heavy (non-hydrogen) atoms. The van der Waals surface area contributed by atoms with Gasteiger partial charge in [0.15, 0.2) is 0 Å². The summed E-state index contributed by atoms with van der Waals surface area (Å²) in [5, 5.41) is 15.6. The molecule has 0 bridgehead atoms. The summed E-state index contributed by atoms with van der Waals surface area (Å²) < 4.78 is 1.89. The lowest BCUT2D eigenvalue weighted by atomic mass is 9.98. The zero-order valence-corrected chi connectivity index (χ0v) is 14.4. The summed E-state index contributed by atoms with van der Waals surface area (Å²) in [6.45, 7) is 6.33. The zero-order chi connectivity index (χ0) is 17.6. The number of aliphatic hydroxyl groups is 1. The number of aryl methyl sites for hydroxylation is 1. The van der Waals surface area contributed by atoms with Crippen molar-refractivity contribution in [3.63, 3.8) is 0 Å². The number of nitrogens with one attached hydrogen (secondary N) is 2. The molecule has 2 amide bonds. The average molecular weight is 331 g/mol. The van der Waals surface area contributed by atoms with Gasteiger partial charge in [-0.05, 0) is 31.4 Å². The van der Waals surface area contributed by atoms with Crippen molar-refractivity contribution >= 4 is 6.03 Å². The predicted molar refractivity (Wildman–Crippen MR) is 91.9 cm³/mol. The van der Waals surface area contributed by atoms with Gasteiger partial charge in [0.1, 0.15) is 11.6 Å². The van der Waals surface area contributed by atoms with Crippen LogP contribution < -0.4 is 10.6 Å². The van der Waals surface area contributed by atoms with Crippen molar-refractivity contribution in [1.29, 1.82) is 0 Å². The molecule has 7 nitrogen and oxygen atoms in total. The van der Waals surface area contributed by atoms with Crippen LogP contribution in [0.15, 0.2) is 30.7 Å². The zero-order valence-electron chi connectivity index (χ0n) is 14.4. The molecule has 2 heterocycles. The Morgan fingerprint density at radius 2 is 2.00 bits per heavy atom. The summed E-state index contributed by atoms with van der Waals surface area (Å²) in [7, 11) is 0. The minimum absolute atomic E-state index is 0.239. The van der Waals surface area contributed by atoms with E-state index in [2.05, 4.69) is 20.6 Å². The van der Waals surface area contributed by atoms with Crippen LogP contribution in [-0.2, 0) is 6.54 Å². The summed E-state index contributed by atoms with van der Waals surface area (Å²) >= 11 is 0. The van der Waals surface area contributed by atoms with Crippen LogP contribution in [0.2, 0.25) is 0 Å². The number of pyridine rings is 1. The third kappa shape index (κ3) is 4.55. The highest BCUT2D eigenvalue weighted by Crippen LogP contribution is 2.12. The van der Waals surface area contributed by atoms with E-state index in [1.807, 2.05) is 43.7 Å². The highest BCUT2D eigenvalue weighted by atomic mass is 16.3. The van der Waals surface area contributed by atoms with Gasteiger partial charge in [0, 0.05) is 31.7 Å². The molecule has 7 heteroatoms. The van der Waals surface area contributed by atoms with E-state index in [-0.39, 0.29) is 12.6 Å². The fourth-order valence-electron chi connectivity index (χ4n) is 2.27. The Hall–Kier alpha value is -2.41. The fourth-order valence-corrected chi connectivity index (χ4v) is 2.27. The topological polar surface area (TPSA) is 92.1 Å². The number of carbonyl (C=O) groups excluding carboxylic acids is 1. The van der Waals surface area contributed by atoms with Crippen LogP contribution in [-0.4, -0.2) is 37.8 Å². The monoisotopic (exact) mass is 331 g/mol. The molecular formula is C17H25N5O2. The summed E-state index contributed by atoms with van der Waals surface area (Å²) in [6, 6.07) is 3.50. The Bertz CT molecular complexity index is 662. The lowest BCUT2D eigenvalue weighted by Gasteiger charge is -2.25. The Kier molecular flexibility index (Phi) is 5.92. The average Bonchev–Trinajstić information content (AvgIpc) is 3.04. The molecular weight excluding hydrogens is 306 g/mol. The largest absolute Gasteiger partial charge is 0.388 e. The number of nitrogens with zero attached hydrogens (tertiary/aromatic N) is 3. The standard InChI is InChI=1S/C17H25N5O2/c1-4-17(24,5-2)12-21-16(23)20-11-14-6-7-15(19-10-14)22-9-8-18-13(22)3/h6-10,24H,4-5,11-12H2,1-3H3,(H2,20,21,23). The molecule has 2 rings (SSSR count). The van der Waals surface area contributed by atoms with E-state index in [1.54, 1.807) is 12.4 Å². The SMILES string of the molecule is CCC(O)(CC)CNC(=O)NCc1ccc(-n2ccnc2C)nc1. The minimum atomic E-state index is -0.844. The third-order valence-electron chi connectivity index (χ3n) is 4.23. The fraction of sp³-hybridized carbons (Fsp3) is 0.471. The van der Waals surface area contributed by atoms with E-state index in [0.29, 0.717) is 19.4 Å². The number of urea groups is 1. The highest BCUT2D eigenvalue weighted by molar-refractivity contribution is 5.73. The van der Waals surface area contributed by atoms with Gasteiger partial charge in [-0.15, -0.1) is 0 Å². The van der Waals surface area contributed by atoms with Crippen molar-refractivity contribution in [3.05, 3.63) is 42.1 Å². The van der Waals surface area contributed by atoms with E-state index in [1.165, 1.54) is 0 Å². The predicted octanol–water partition coefficient (Wildman–Crippen LogP) is 1.93. The maximum Gasteiger partial charge on any atom is 0.315 e. The van der Waals surface area contributed by atoms with Gasteiger partial charge in [-0.3, -0.25) is 4.57 Å². The normalized spacial score (nSPS) is 11.3. The van der Waals surface area contributed by atoms with E-state index >= 15 is 0 Å². The van der Waals surface area contributed by atoms with E-state index < -0.39 is 5.60 Å². The second-order valence-corrected chi connectivity index (χ2v) is 5.84. The number of amides is 2. The molecule has 0 radical (unpaired) electrons. The van der Waals surface area contributed by atoms with Crippen molar-refractivity contribution in [1.82, 2.24) is 25.2 Å². The number of rotatable bonds is 7. The second kappa shape index (κ2) is 7.92. The molecule has 0 atom stereocenters. The van der Waals surface area contributed by atoms with Crippen LogP contribution in [0.25, 0.3) is 5.82 Å². The van der Waals surface area contributed by atoms with Gasteiger partial charge in [-0.1, -0.05) is 19.9 Å². The van der Waals surface area contributed by atoms with Crippen LogP contribution in [0.1, 0.15) is 38.1 Å². The Morgan fingerprint density at radius 3 is 2.54 bits per heavy atom. The van der Waals surface area contributed by atoms with Gasteiger partial charge < -0.3 is 15.7 Å². The third-order valence-corrected chi connectivity index (χ3v) is 4.23. The maximum absolute atomic E-state index is 11.8. The van der Waals surface area contributed by atoms with Crippen molar-refractivity contribution in [3.8, 4) is 5.82 Å². The van der Waals surface area contributed by atoms with E-state index in [0.717, 1.165) is 17.2 Å². The molecule has 0 aliphatic rings. The lowest BCUT2D eigenvalue weighted by molar-refractivity contribution is 0.0349. The first-order chi connectivity index (χ1) is 11.5. The van der Waals surface area contributed by atoms with E-state index in [9.17, 15) is 9.90 Å². The molecule has 0 aliphatic heterocycles. The van der Waals surface area contributed by atoms with Crippen LogP contribution in [0.3, 0.4) is 0 Å².